The normalized spacial score (nSPS) is 11.4. The number of halogens is 2. The number of primary amides is 1. The lowest BCUT2D eigenvalue weighted by molar-refractivity contribution is 0.100. The largest absolute Gasteiger partial charge is 0.365 e. The molecule has 0 atom stereocenters. The zero-order valence-corrected chi connectivity index (χ0v) is 17.5. The van der Waals surface area contributed by atoms with E-state index in [4.69, 9.17) is 5.73 Å². The van der Waals surface area contributed by atoms with E-state index in [0.29, 0.717) is 22.2 Å². The van der Waals surface area contributed by atoms with Crippen LogP contribution in [-0.4, -0.2) is 36.4 Å². The zero-order valence-electron chi connectivity index (χ0n) is 16.7. The van der Waals surface area contributed by atoms with Gasteiger partial charge >= 0.3 is 0 Å². The minimum absolute atomic E-state index is 0.00669. The number of nitrogens with zero attached hydrogens (tertiary/aromatic N) is 5. The molecule has 0 fully saturated rings. The summed E-state index contributed by atoms with van der Waals surface area (Å²) in [6.07, 6.45) is 0.302. The molecule has 0 unspecified atom stereocenters. The van der Waals surface area contributed by atoms with Crippen LogP contribution in [0.3, 0.4) is 0 Å². The van der Waals surface area contributed by atoms with Crippen LogP contribution in [0.2, 0.25) is 0 Å². The molecular weight excluding hydrogens is 428 g/mol. The van der Waals surface area contributed by atoms with Crippen LogP contribution in [0, 0.1) is 6.92 Å². The highest BCUT2D eigenvalue weighted by Crippen LogP contribution is 2.43. The van der Waals surface area contributed by atoms with E-state index in [1.807, 2.05) is 0 Å². The molecule has 0 radical (unpaired) electrons. The Morgan fingerprint density at radius 2 is 2.00 bits per heavy atom. The molecule has 0 aliphatic heterocycles. The fourth-order valence-corrected chi connectivity index (χ4v) is 4.39. The van der Waals surface area contributed by atoms with Gasteiger partial charge in [-0.25, -0.2) is 13.8 Å². The Morgan fingerprint density at radius 1 is 1.26 bits per heavy atom. The minimum atomic E-state index is -2.83. The van der Waals surface area contributed by atoms with Crippen LogP contribution in [0.15, 0.2) is 24.5 Å². The molecule has 2 amide bonds. The highest BCUT2D eigenvalue weighted by Gasteiger charge is 2.26. The summed E-state index contributed by atoms with van der Waals surface area (Å²) in [5, 5.41) is 11.3. The van der Waals surface area contributed by atoms with Gasteiger partial charge in [-0.05, 0) is 24.6 Å². The lowest BCUT2D eigenvalue weighted by Crippen LogP contribution is -2.19. The molecule has 160 valence electrons. The van der Waals surface area contributed by atoms with Gasteiger partial charge in [0.05, 0.1) is 11.4 Å². The quantitative estimate of drug-likeness (QED) is 0.489. The van der Waals surface area contributed by atoms with Crippen LogP contribution in [0.1, 0.15) is 38.0 Å². The Bertz CT molecular complexity index is 1340. The number of nitrogens with one attached hydrogen (secondary N) is 1. The Kier molecular flexibility index (Phi) is 5.01. The van der Waals surface area contributed by atoms with Crippen molar-refractivity contribution < 1.29 is 18.4 Å². The van der Waals surface area contributed by atoms with Gasteiger partial charge in [-0.1, -0.05) is 0 Å². The van der Waals surface area contributed by atoms with Gasteiger partial charge in [-0.2, -0.15) is 10.2 Å². The van der Waals surface area contributed by atoms with Crippen molar-refractivity contribution >= 4 is 39.1 Å². The summed E-state index contributed by atoms with van der Waals surface area (Å²) in [5.74, 6) is -1.34. The van der Waals surface area contributed by atoms with Gasteiger partial charge in [0.25, 0.3) is 18.2 Å². The number of hydrogen-bond donors (Lipinski definition) is 2. The number of carbonyl (C=O) groups excluding carboxylic acids is 2. The van der Waals surface area contributed by atoms with E-state index < -0.39 is 23.9 Å². The second kappa shape index (κ2) is 7.54. The number of hydrogen-bond acceptors (Lipinski definition) is 6. The maximum absolute atomic E-state index is 13.6. The molecule has 4 heterocycles. The molecule has 0 saturated heterocycles. The summed E-state index contributed by atoms with van der Waals surface area (Å²) in [6, 6.07) is 2.75. The van der Waals surface area contributed by atoms with Crippen molar-refractivity contribution in [1.82, 2.24) is 24.5 Å². The number of aromatic nitrogens is 5. The van der Waals surface area contributed by atoms with E-state index in [0.717, 1.165) is 11.3 Å². The molecule has 0 saturated carbocycles. The van der Waals surface area contributed by atoms with Crippen molar-refractivity contribution in [2.24, 2.45) is 19.8 Å². The van der Waals surface area contributed by atoms with E-state index in [1.54, 1.807) is 31.9 Å². The summed E-state index contributed by atoms with van der Waals surface area (Å²) in [6.45, 7) is 1.74. The Balaban J connectivity index is 2.01. The SMILES string of the molecule is Cc1nn(C)cc1-c1cc(C(F)F)nc2sc(C(N)=O)c(NC(=O)c3ccnn3C)c12. The third-order valence-corrected chi connectivity index (χ3v) is 5.82. The first-order valence-electron chi connectivity index (χ1n) is 9.02. The minimum Gasteiger partial charge on any atom is -0.365 e. The highest BCUT2D eigenvalue weighted by molar-refractivity contribution is 7.21. The fourth-order valence-electron chi connectivity index (χ4n) is 3.37. The number of aryl methyl sites for hydroxylation is 3. The lowest BCUT2D eigenvalue weighted by atomic mass is 10.0. The first-order chi connectivity index (χ1) is 14.7. The van der Waals surface area contributed by atoms with Crippen LogP contribution < -0.4 is 11.1 Å². The summed E-state index contributed by atoms with van der Waals surface area (Å²) < 4.78 is 30.0. The molecule has 3 N–H and O–H groups in total. The smallest absolute Gasteiger partial charge is 0.280 e. The van der Waals surface area contributed by atoms with E-state index in [-0.39, 0.29) is 21.1 Å². The predicted octanol–water partition coefficient (Wildman–Crippen LogP) is 3.03. The molecule has 31 heavy (non-hydrogen) atoms. The Labute approximate surface area is 178 Å². The molecule has 0 bridgehead atoms. The number of pyridine rings is 1. The Hall–Kier alpha value is -3.67. The molecule has 12 heteroatoms. The van der Waals surface area contributed by atoms with Crippen molar-refractivity contribution in [1.29, 1.82) is 0 Å². The molecule has 0 aliphatic rings. The first kappa shape index (κ1) is 20.6. The number of amides is 2. The second-order valence-electron chi connectivity index (χ2n) is 6.84. The lowest BCUT2D eigenvalue weighted by Gasteiger charge is -2.10. The first-order valence-corrected chi connectivity index (χ1v) is 9.84. The van der Waals surface area contributed by atoms with Gasteiger partial charge in [0.2, 0.25) is 0 Å². The third-order valence-electron chi connectivity index (χ3n) is 4.72. The maximum atomic E-state index is 13.6. The summed E-state index contributed by atoms with van der Waals surface area (Å²) in [7, 11) is 3.30. The molecular formula is C19H17F2N7O2S. The van der Waals surface area contributed by atoms with Crippen molar-refractivity contribution in [2.75, 3.05) is 5.32 Å². The zero-order chi connectivity index (χ0) is 22.4. The van der Waals surface area contributed by atoms with E-state index in [9.17, 15) is 18.4 Å². The number of anilines is 1. The van der Waals surface area contributed by atoms with Gasteiger partial charge in [-0.15, -0.1) is 11.3 Å². The fraction of sp³-hybridized carbons (Fsp3) is 0.211. The average Bonchev–Trinajstić information content (AvgIpc) is 3.38. The molecule has 9 nitrogen and oxygen atoms in total. The topological polar surface area (TPSA) is 121 Å². The molecule has 0 aromatic carbocycles. The Morgan fingerprint density at radius 3 is 2.55 bits per heavy atom. The van der Waals surface area contributed by atoms with Crippen LogP contribution in [-0.2, 0) is 14.1 Å². The van der Waals surface area contributed by atoms with Gasteiger partial charge in [0.1, 0.15) is 21.1 Å². The number of rotatable bonds is 5. The number of nitrogens with two attached hydrogens (primary N) is 1. The van der Waals surface area contributed by atoms with Crippen molar-refractivity contribution in [3.63, 3.8) is 0 Å². The van der Waals surface area contributed by atoms with Gasteiger partial charge < -0.3 is 11.1 Å². The van der Waals surface area contributed by atoms with E-state index in [2.05, 4.69) is 20.5 Å². The van der Waals surface area contributed by atoms with E-state index in [1.165, 1.54) is 23.0 Å². The van der Waals surface area contributed by atoms with Gasteiger partial charge in [0.15, 0.2) is 0 Å². The van der Waals surface area contributed by atoms with Crippen LogP contribution in [0.5, 0.6) is 0 Å². The van der Waals surface area contributed by atoms with Gasteiger partial charge in [-0.3, -0.25) is 19.0 Å². The van der Waals surface area contributed by atoms with Crippen molar-refractivity contribution in [2.45, 2.75) is 13.3 Å². The summed E-state index contributed by atoms with van der Waals surface area (Å²) >= 11 is 0.845. The predicted molar refractivity (Wildman–Crippen MR) is 111 cm³/mol. The van der Waals surface area contributed by atoms with Crippen LogP contribution in [0.4, 0.5) is 14.5 Å². The molecule has 4 rings (SSSR count). The van der Waals surface area contributed by atoms with Crippen LogP contribution in [0.25, 0.3) is 21.3 Å². The molecule has 0 aliphatic carbocycles. The maximum Gasteiger partial charge on any atom is 0.280 e. The number of thiophene rings is 1. The third kappa shape index (κ3) is 3.54. The van der Waals surface area contributed by atoms with Crippen molar-refractivity contribution in [3.05, 3.63) is 46.5 Å². The number of carbonyl (C=O) groups is 2. The van der Waals surface area contributed by atoms with Crippen LogP contribution >= 0.6 is 11.3 Å². The second-order valence-corrected chi connectivity index (χ2v) is 7.84. The molecule has 0 spiro atoms. The summed E-state index contributed by atoms with van der Waals surface area (Å²) in [4.78, 5) is 29.1. The summed E-state index contributed by atoms with van der Waals surface area (Å²) in [5.41, 5.74) is 6.97. The van der Waals surface area contributed by atoms with Crippen molar-refractivity contribution in [3.8, 4) is 11.1 Å². The molecule has 4 aromatic heterocycles. The standard InChI is InChI=1S/C19H17F2N7O2S/c1-8-10(7-27(2)26-8)9-6-11(16(20)21)24-19-13(9)14(15(31-19)17(22)29)25-18(30)12-4-5-23-28(12)3/h4-7,16H,1-3H3,(H2,22,29)(H,25,30). The highest BCUT2D eigenvalue weighted by atomic mass is 32.1. The number of alkyl halides is 2. The monoisotopic (exact) mass is 445 g/mol. The van der Waals surface area contributed by atoms with Gasteiger partial charge in [0, 0.05) is 37.4 Å². The molecule has 4 aromatic rings. The van der Waals surface area contributed by atoms with E-state index >= 15 is 0 Å². The average molecular weight is 445 g/mol. The number of fused-ring (bicyclic) bond motifs is 1.